The summed E-state index contributed by atoms with van der Waals surface area (Å²) < 4.78 is 2.28. The van der Waals surface area contributed by atoms with Gasteiger partial charge in [0.15, 0.2) is 0 Å². The van der Waals surface area contributed by atoms with Crippen molar-refractivity contribution in [3.63, 3.8) is 0 Å². The molecule has 6 nitrogen and oxygen atoms in total. The van der Waals surface area contributed by atoms with Crippen molar-refractivity contribution in [1.82, 2.24) is 24.6 Å². The van der Waals surface area contributed by atoms with Crippen molar-refractivity contribution in [3.8, 4) is 11.1 Å². The van der Waals surface area contributed by atoms with E-state index in [9.17, 15) is 0 Å². The number of nitrogens with one attached hydrogen (secondary N) is 1. The second-order valence-corrected chi connectivity index (χ2v) is 7.04. The van der Waals surface area contributed by atoms with Crippen molar-refractivity contribution in [3.05, 3.63) is 48.5 Å². The molecule has 0 saturated carbocycles. The van der Waals surface area contributed by atoms with E-state index >= 15 is 0 Å². The Balaban J connectivity index is 1.81. The zero-order valence-corrected chi connectivity index (χ0v) is 15.3. The minimum Gasteiger partial charge on any atom is -0.383 e. The molecule has 0 saturated heterocycles. The Bertz CT molecular complexity index is 1140. The van der Waals surface area contributed by atoms with Gasteiger partial charge in [-0.25, -0.2) is 9.97 Å². The maximum absolute atomic E-state index is 6.28. The van der Waals surface area contributed by atoms with Crippen LogP contribution in [0.2, 0.25) is 0 Å². The van der Waals surface area contributed by atoms with Gasteiger partial charge in [-0.15, -0.1) is 0 Å². The van der Waals surface area contributed by atoms with Crippen molar-refractivity contribution in [2.24, 2.45) is 0 Å². The molecule has 4 heterocycles. The largest absolute Gasteiger partial charge is 0.383 e. The highest BCUT2D eigenvalue weighted by Crippen LogP contribution is 2.39. The maximum Gasteiger partial charge on any atom is 0.146 e. The SMILES string of the molecule is Nc1ncnc2c1c(-c1cnc3ccccc3c1)c1n2CC(NP)CC1. The van der Waals surface area contributed by atoms with Crippen molar-refractivity contribution < 1.29 is 0 Å². The van der Waals surface area contributed by atoms with E-state index < -0.39 is 0 Å². The molecular weight excluding hydrogens is 343 g/mol. The number of pyridine rings is 1. The Morgan fingerprint density at radius 1 is 1.19 bits per heavy atom. The molecule has 26 heavy (non-hydrogen) atoms. The van der Waals surface area contributed by atoms with E-state index in [2.05, 4.69) is 46.1 Å². The molecule has 7 heteroatoms. The fraction of sp³-hybridized carbons (Fsp3) is 0.211. The lowest BCUT2D eigenvalue weighted by Gasteiger charge is -2.25. The summed E-state index contributed by atoms with van der Waals surface area (Å²) in [6.45, 7) is 0.868. The number of benzene rings is 1. The van der Waals surface area contributed by atoms with Crippen molar-refractivity contribution in [2.75, 3.05) is 5.73 Å². The summed E-state index contributed by atoms with van der Waals surface area (Å²) in [4.78, 5) is 13.4. The molecule has 2 unspecified atom stereocenters. The molecule has 2 atom stereocenters. The minimum atomic E-state index is 0.405. The standard InChI is InChI=1S/C19H19N6P/c20-18-17-16(12-7-11-3-1-2-4-14(11)21-8-12)15-6-5-13(24-26)9-25(15)19(17)23-10-22-18/h1-4,7-8,10,13,24H,5-6,9,26H2,(H2,20,22,23). The Hall–Kier alpha value is -2.56. The quantitative estimate of drug-likeness (QED) is 0.536. The van der Waals surface area contributed by atoms with E-state index in [1.807, 2.05) is 24.4 Å². The van der Waals surface area contributed by atoms with Crippen LogP contribution in [0.1, 0.15) is 12.1 Å². The first-order valence-corrected chi connectivity index (χ1v) is 9.27. The second-order valence-electron chi connectivity index (χ2n) is 6.71. The molecule has 0 amide bonds. The molecular formula is C19H19N6P. The molecule has 0 bridgehead atoms. The Kier molecular flexibility index (Phi) is 3.62. The zero-order valence-electron chi connectivity index (χ0n) is 14.2. The predicted molar refractivity (Wildman–Crippen MR) is 108 cm³/mol. The lowest BCUT2D eigenvalue weighted by molar-refractivity contribution is 0.447. The second kappa shape index (κ2) is 6.01. The third-order valence-electron chi connectivity index (χ3n) is 5.22. The van der Waals surface area contributed by atoms with Gasteiger partial charge in [0.2, 0.25) is 0 Å². The number of aromatic nitrogens is 4. The Labute approximate surface area is 153 Å². The van der Waals surface area contributed by atoms with Crippen molar-refractivity contribution in [1.29, 1.82) is 0 Å². The molecule has 0 spiro atoms. The van der Waals surface area contributed by atoms with E-state index in [0.29, 0.717) is 11.9 Å². The zero-order chi connectivity index (χ0) is 17.7. The number of rotatable bonds is 2. The molecule has 0 aliphatic carbocycles. The average molecular weight is 362 g/mol. The molecule has 1 aliphatic rings. The fourth-order valence-electron chi connectivity index (χ4n) is 3.97. The van der Waals surface area contributed by atoms with Crippen LogP contribution >= 0.6 is 9.39 Å². The summed E-state index contributed by atoms with van der Waals surface area (Å²) in [5.41, 5.74) is 11.6. The highest BCUT2D eigenvalue weighted by Gasteiger charge is 2.27. The maximum atomic E-state index is 6.28. The van der Waals surface area contributed by atoms with Crippen LogP contribution in [0.3, 0.4) is 0 Å². The van der Waals surface area contributed by atoms with Crippen molar-refractivity contribution in [2.45, 2.75) is 25.4 Å². The van der Waals surface area contributed by atoms with E-state index in [1.165, 1.54) is 5.69 Å². The molecule has 4 aromatic rings. The fourth-order valence-corrected chi connectivity index (χ4v) is 4.25. The molecule has 1 aromatic carbocycles. The molecule has 3 N–H and O–H groups in total. The third kappa shape index (κ3) is 2.30. The van der Waals surface area contributed by atoms with E-state index in [4.69, 9.17) is 5.73 Å². The highest BCUT2D eigenvalue weighted by molar-refractivity contribution is 7.13. The first-order chi connectivity index (χ1) is 12.8. The van der Waals surface area contributed by atoms with Crippen LogP contribution in [0.4, 0.5) is 5.82 Å². The van der Waals surface area contributed by atoms with Crippen LogP contribution in [-0.4, -0.2) is 25.6 Å². The first kappa shape index (κ1) is 15.7. The summed E-state index contributed by atoms with van der Waals surface area (Å²) in [7, 11) is 2.62. The Morgan fingerprint density at radius 3 is 2.96 bits per heavy atom. The van der Waals surface area contributed by atoms with Crippen LogP contribution < -0.4 is 10.8 Å². The number of hydrogen-bond donors (Lipinski definition) is 2. The molecule has 0 fully saturated rings. The minimum absolute atomic E-state index is 0.405. The summed E-state index contributed by atoms with van der Waals surface area (Å²) in [5.74, 6) is 0.524. The molecule has 3 aromatic heterocycles. The number of nitrogens with two attached hydrogens (primary N) is 1. The van der Waals surface area contributed by atoms with Gasteiger partial charge in [-0.1, -0.05) is 27.6 Å². The molecule has 0 radical (unpaired) electrons. The smallest absolute Gasteiger partial charge is 0.146 e. The Morgan fingerprint density at radius 2 is 2.08 bits per heavy atom. The molecule has 5 rings (SSSR count). The van der Waals surface area contributed by atoms with Gasteiger partial charge in [0.1, 0.15) is 17.8 Å². The summed E-state index contributed by atoms with van der Waals surface area (Å²) in [5, 5.41) is 5.36. The number of hydrogen-bond acceptors (Lipinski definition) is 5. The van der Waals surface area contributed by atoms with Crippen LogP contribution in [0.25, 0.3) is 33.1 Å². The van der Waals surface area contributed by atoms with Gasteiger partial charge < -0.3 is 10.3 Å². The normalized spacial score (nSPS) is 16.9. The number of fused-ring (bicyclic) bond motifs is 4. The summed E-state index contributed by atoms with van der Waals surface area (Å²) >= 11 is 0. The number of nitrogens with zero attached hydrogens (tertiary/aromatic N) is 4. The van der Waals surface area contributed by atoms with Gasteiger partial charge in [0, 0.05) is 41.0 Å². The highest BCUT2D eigenvalue weighted by atomic mass is 31.0. The van der Waals surface area contributed by atoms with Crippen LogP contribution in [0.15, 0.2) is 42.9 Å². The van der Waals surface area contributed by atoms with Gasteiger partial charge in [-0.3, -0.25) is 10.1 Å². The summed E-state index contributed by atoms with van der Waals surface area (Å²) in [6, 6.07) is 10.7. The van der Waals surface area contributed by atoms with Crippen LogP contribution in [0, 0.1) is 0 Å². The van der Waals surface area contributed by atoms with Gasteiger partial charge in [-0.2, -0.15) is 0 Å². The number of nitrogen functional groups attached to an aromatic ring is 1. The predicted octanol–water partition coefficient (Wildman–Crippen LogP) is 2.92. The molecule has 130 valence electrons. The first-order valence-electron chi connectivity index (χ1n) is 8.69. The third-order valence-corrected chi connectivity index (χ3v) is 5.70. The van der Waals surface area contributed by atoms with Gasteiger partial charge >= 0.3 is 0 Å². The topological polar surface area (TPSA) is 81.7 Å². The lowest BCUT2D eigenvalue weighted by atomic mass is 9.98. The monoisotopic (exact) mass is 362 g/mol. The molecule has 1 aliphatic heterocycles. The lowest BCUT2D eigenvalue weighted by Crippen LogP contribution is -2.32. The van der Waals surface area contributed by atoms with Gasteiger partial charge in [0.05, 0.1) is 10.9 Å². The van der Waals surface area contributed by atoms with E-state index in [0.717, 1.165) is 52.4 Å². The van der Waals surface area contributed by atoms with Gasteiger partial charge in [0.25, 0.3) is 0 Å². The van der Waals surface area contributed by atoms with Gasteiger partial charge in [-0.05, 0) is 25.0 Å². The van der Waals surface area contributed by atoms with Crippen LogP contribution in [-0.2, 0) is 13.0 Å². The van der Waals surface area contributed by atoms with Crippen molar-refractivity contribution >= 4 is 37.1 Å². The number of anilines is 1. The summed E-state index contributed by atoms with van der Waals surface area (Å²) in [6.07, 6.45) is 5.51. The van der Waals surface area contributed by atoms with E-state index in [-0.39, 0.29) is 0 Å². The number of para-hydroxylation sites is 1. The average Bonchev–Trinajstić information content (AvgIpc) is 3.02. The van der Waals surface area contributed by atoms with Crippen LogP contribution in [0.5, 0.6) is 0 Å². The van der Waals surface area contributed by atoms with E-state index in [1.54, 1.807) is 6.33 Å².